The summed E-state index contributed by atoms with van der Waals surface area (Å²) in [6.07, 6.45) is 7.10. The maximum Gasteiger partial charge on any atom is 0.183 e. The number of nitrogens with one attached hydrogen (secondary N) is 1. The van der Waals surface area contributed by atoms with Gasteiger partial charge in [0.2, 0.25) is 0 Å². The lowest BCUT2D eigenvalue weighted by Crippen LogP contribution is -2.50. The number of fused-ring (bicyclic) bond motifs is 2. The van der Waals surface area contributed by atoms with E-state index < -0.39 is 0 Å². The molecule has 11 nitrogen and oxygen atoms in total. The van der Waals surface area contributed by atoms with Gasteiger partial charge in [0.05, 0.1) is 42.2 Å². The minimum atomic E-state index is 0.0766. The SMILES string of the molecule is C[C@@H]1OCC2(CCN(c3cnc4c(N5CCCc6nc(/C=N\O)ccc65)n[nH]c4n3)CC2)[C@@H]1N. The molecule has 178 valence electrons. The Morgan fingerprint density at radius 2 is 2.12 bits per heavy atom. The molecule has 0 aromatic carbocycles. The fraction of sp³-hybridized carbons (Fsp3) is 0.522. The largest absolute Gasteiger partial charge is 0.411 e. The van der Waals surface area contributed by atoms with Crippen LogP contribution < -0.4 is 15.5 Å². The van der Waals surface area contributed by atoms with Crippen molar-refractivity contribution in [2.75, 3.05) is 36.0 Å². The van der Waals surface area contributed by atoms with Crippen molar-refractivity contribution in [1.29, 1.82) is 0 Å². The van der Waals surface area contributed by atoms with E-state index in [0.29, 0.717) is 11.3 Å². The maximum absolute atomic E-state index is 8.81. The Morgan fingerprint density at radius 1 is 1.26 bits per heavy atom. The molecule has 0 amide bonds. The van der Waals surface area contributed by atoms with Gasteiger partial charge in [0.25, 0.3) is 0 Å². The molecule has 3 aromatic rings. The van der Waals surface area contributed by atoms with Crippen molar-refractivity contribution in [2.24, 2.45) is 16.3 Å². The molecule has 2 fully saturated rings. The summed E-state index contributed by atoms with van der Waals surface area (Å²) in [5.41, 5.74) is 10.5. The number of nitrogens with two attached hydrogens (primary N) is 1. The van der Waals surface area contributed by atoms with Crippen LogP contribution in [0, 0.1) is 5.41 Å². The summed E-state index contributed by atoms with van der Waals surface area (Å²) in [7, 11) is 0. The van der Waals surface area contributed by atoms with E-state index in [1.54, 1.807) is 0 Å². The van der Waals surface area contributed by atoms with Gasteiger partial charge in [-0.1, -0.05) is 5.16 Å². The van der Waals surface area contributed by atoms with Gasteiger partial charge in [-0.25, -0.2) is 15.0 Å². The molecule has 34 heavy (non-hydrogen) atoms. The molecule has 3 aliphatic rings. The van der Waals surface area contributed by atoms with E-state index in [-0.39, 0.29) is 17.6 Å². The number of aromatic nitrogens is 5. The first-order valence-corrected chi connectivity index (χ1v) is 11.9. The maximum atomic E-state index is 8.81. The molecule has 0 saturated carbocycles. The summed E-state index contributed by atoms with van der Waals surface area (Å²) in [5.74, 6) is 1.60. The third-order valence-corrected chi connectivity index (χ3v) is 7.67. The zero-order valence-electron chi connectivity index (χ0n) is 19.2. The van der Waals surface area contributed by atoms with E-state index in [4.69, 9.17) is 25.6 Å². The zero-order valence-corrected chi connectivity index (χ0v) is 19.2. The molecule has 4 N–H and O–H groups in total. The summed E-state index contributed by atoms with van der Waals surface area (Å²) >= 11 is 0. The third kappa shape index (κ3) is 3.38. The van der Waals surface area contributed by atoms with E-state index in [1.807, 2.05) is 18.3 Å². The molecular weight excluding hydrogens is 434 g/mol. The molecular formula is C23H29N9O2. The quantitative estimate of drug-likeness (QED) is 0.302. The number of pyridine rings is 1. The number of aromatic amines is 1. The van der Waals surface area contributed by atoms with Crippen LogP contribution in [0.3, 0.4) is 0 Å². The first kappa shape index (κ1) is 21.2. The van der Waals surface area contributed by atoms with Gasteiger partial charge >= 0.3 is 0 Å². The normalized spacial score (nSPS) is 24.4. The highest BCUT2D eigenvalue weighted by Crippen LogP contribution is 2.42. The molecule has 6 rings (SSSR count). The molecule has 1 spiro atoms. The van der Waals surface area contributed by atoms with Crippen molar-refractivity contribution in [2.45, 2.75) is 44.8 Å². The second-order valence-corrected chi connectivity index (χ2v) is 9.57. The fourth-order valence-corrected chi connectivity index (χ4v) is 5.59. The van der Waals surface area contributed by atoms with Gasteiger partial charge in [0, 0.05) is 31.1 Å². The van der Waals surface area contributed by atoms with Crippen LogP contribution in [0.4, 0.5) is 17.3 Å². The second-order valence-electron chi connectivity index (χ2n) is 9.57. The average Bonchev–Trinajstić information content (AvgIpc) is 3.41. The van der Waals surface area contributed by atoms with Crippen molar-refractivity contribution in [1.82, 2.24) is 25.1 Å². The van der Waals surface area contributed by atoms with Crippen LogP contribution >= 0.6 is 0 Å². The van der Waals surface area contributed by atoms with Crippen molar-refractivity contribution >= 4 is 34.7 Å². The highest BCUT2D eigenvalue weighted by atomic mass is 16.5. The van der Waals surface area contributed by atoms with Crippen LogP contribution in [0.2, 0.25) is 0 Å². The molecule has 0 unspecified atom stereocenters. The Morgan fingerprint density at radius 3 is 2.88 bits per heavy atom. The molecule has 6 heterocycles. The summed E-state index contributed by atoms with van der Waals surface area (Å²) in [6, 6.07) is 3.91. The van der Waals surface area contributed by atoms with Crippen LogP contribution in [0.15, 0.2) is 23.5 Å². The lowest BCUT2D eigenvalue weighted by molar-refractivity contribution is 0.0974. The molecule has 0 radical (unpaired) electrons. The number of anilines is 3. The summed E-state index contributed by atoms with van der Waals surface area (Å²) in [5, 5.41) is 19.5. The number of H-pyrrole nitrogens is 1. The summed E-state index contributed by atoms with van der Waals surface area (Å²) < 4.78 is 5.85. The smallest absolute Gasteiger partial charge is 0.183 e. The Kier molecular flexibility index (Phi) is 5.10. The third-order valence-electron chi connectivity index (χ3n) is 7.67. The number of aryl methyl sites for hydroxylation is 1. The van der Waals surface area contributed by atoms with E-state index >= 15 is 0 Å². The van der Waals surface area contributed by atoms with Gasteiger partial charge in [-0.05, 0) is 44.7 Å². The highest BCUT2D eigenvalue weighted by molar-refractivity contribution is 5.88. The molecule has 0 bridgehead atoms. The number of rotatable bonds is 3. The molecule has 3 aromatic heterocycles. The van der Waals surface area contributed by atoms with Gasteiger partial charge in [0.1, 0.15) is 5.82 Å². The lowest BCUT2D eigenvalue weighted by Gasteiger charge is -2.41. The number of nitrogens with zero attached hydrogens (tertiary/aromatic N) is 7. The van der Waals surface area contributed by atoms with Crippen molar-refractivity contribution < 1.29 is 9.94 Å². The van der Waals surface area contributed by atoms with Crippen LogP contribution in [-0.2, 0) is 11.2 Å². The standard InChI is InChI=1S/C23H29N9O2/c1-14-20(24)23(13-34-14)6-9-31(10-7-23)18-12-25-19-21(28-18)29-30-22(19)32-8-2-3-16-17(32)5-4-15(27-16)11-26-33/h4-5,11-12,14,20,33H,2-3,6-10,13,24H2,1H3,(H,28,29,30)/b26-11-/t14-,20+/m0/s1. The zero-order chi connectivity index (χ0) is 23.3. The number of hydrogen-bond acceptors (Lipinski definition) is 10. The first-order valence-electron chi connectivity index (χ1n) is 11.9. The van der Waals surface area contributed by atoms with E-state index in [1.165, 1.54) is 6.21 Å². The number of piperidine rings is 1. The van der Waals surface area contributed by atoms with Gasteiger partial charge < -0.3 is 25.5 Å². The van der Waals surface area contributed by atoms with Gasteiger partial charge in [0.15, 0.2) is 17.0 Å². The van der Waals surface area contributed by atoms with Crippen molar-refractivity contribution in [3.63, 3.8) is 0 Å². The highest BCUT2D eigenvalue weighted by Gasteiger charge is 2.47. The molecule has 2 atom stereocenters. The predicted molar refractivity (Wildman–Crippen MR) is 128 cm³/mol. The average molecular weight is 464 g/mol. The van der Waals surface area contributed by atoms with Crippen molar-refractivity contribution in [3.05, 3.63) is 29.7 Å². The van der Waals surface area contributed by atoms with E-state index in [0.717, 1.165) is 80.5 Å². The number of oxime groups is 1. The molecule has 0 aliphatic carbocycles. The van der Waals surface area contributed by atoms with Crippen LogP contribution in [0.1, 0.15) is 37.6 Å². The molecule has 3 aliphatic heterocycles. The van der Waals surface area contributed by atoms with Crippen molar-refractivity contribution in [3.8, 4) is 0 Å². The Balaban J connectivity index is 1.24. The minimum Gasteiger partial charge on any atom is -0.411 e. The van der Waals surface area contributed by atoms with Gasteiger partial charge in [-0.15, -0.1) is 0 Å². The first-order chi connectivity index (χ1) is 16.6. The van der Waals surface area contributed by atoms with Gasteiger partial charge in [-0.3, -0.25) is 5.10 Å². The molecule has 2 saturated heterocycles. The van der Waals surface area contributed by atoms with Gasteiger partial charge in [-0.2, -0.15) is 5.10 Å². The molecule has 11 heteroatoms. The Hall–Kier alpha value is -3.31. The monoisotopic (exact) mass is 463 g/mol. The number of hydrogen-bond donors (Lipinski definition) is 3. The number of ether oxygens (including phenoxy) is 1. The lowest BCUT2D eigenvalue weighted by atomic mass is 9.73. The van der Waals surface area contributed by atoms with E-state index in [9.17, 15) is 0 Å². The van der Waals surface area contributed by atoms with Crippen LogP contribution in [0.25, 0.3) is 11.2 Å². The Bertz CT molecular complexity index is 1230. The van der Waals surface area contributed by atoms with Crippen LogP contribution in [0.5, 0.6) is 0 Å². The van der Waals surface area contributed by atoms with E-state index in [2.05, 4.69) is 37.1 Å². The van der Waals surface area contributed by atoms with Crippen LogP contribution in [-0.4, -0.2) is 75.0 Å². The summed E-state index contributed by atoms with van der Waals surface area (Å²) in [6.45, 7) is 5.41. The summed E-state index contributed by atoms with van der Waals surface area (Å²) in [4.78, 5) is 18.6. The Labute approximate surface area is 197 Å². The topological polar surface area (TPSA) is 142 Å². The fourth-order valence-electron chi connectivity index (χ4n) is 5.59. The predicted octanol–water partition coefficient (Wildman–Crippen LogP) is 1.97. The second kappa shape index (κ2) is 8.17. The minimum absolute atomic E-state index is 0.0766.